The lowest BCUT2D eigenvalue weighted by Crippen LogP contribution is -2.41. The van der Waals surface area contributed by atoms with Crippen molar-refractivity contribution in [2.24, 2.45) is 0 Å². The van der Waals surface area contributed by atoms with E-state index in [0.717, 1.165) is 11.0 Å². The van der Waals surface area contributed by atoms with Crippen LogP contribution >= 0.6 is 0 Å². The Labute approximate surface area is 212 Å². The SMILES string of the molecule is CC1(C)OB(C(=Cc2cncnc2)CNC(=O)OCC2c3ccccc3-c3ccccc32)OC1(C)C. The fourth-order valence-electron chi connectivity index (χ4n) is 4.62. The summed E-state index contributed by atoms with van der Waals surface area (Å²) in [7, 11) is -0.621. The summed E-state index contributed by atoms with van der Waals surface area (Å²) in [6.07, 6.45) is 6.26. The fraction of sp³-hybridized carbons (Fsp3) is 0.321. The van der Waals surface area contributed by atoms with Crippen LogP contribution in [0.1, 0.15) is 50.3 Å². The maximum Gasteiger partial charge on any atom is 0.492 e. The summed E-state index contributed by atoms with van der Waals surface area (Å²) in [6, 6.07) is 16.5. The molecule has 1 aliphatic carbocycles. The van der Waals surface area contributed by atoms with Gasteiger partial charge in [0.1, 0.15) is 12.9 Å². The Morgan fingerprint density at radius 2 is 1.53 bits per heavy atom. The standard InChI is InChI=1S/C28H30BN3O4/c1-27(2)28(3,4)36-29(35-27)20(13-19-14-30-18-31-15-19)16-32-26(33)34-17-25-23-11-7-5-9-21(23)22-10-6-8-12-24(22)25/h5-15,18,25H,16-17H2,1-4H3,(H,32,33). The Kier molecular flexibility index (Phi) is 6.41. The molecule has 0 spiro atoms. The molecule has 2 aromatic carbocycles. The number of nitrogens with one attached hydrogen (secondary N) is 1. The number of ether oxygens (including phenoxy) is 1. The van der Waals surface area contributed by atoms with Crippen LogP contribution in [0.3, 0.4) is 0 Å². The molecule has 8 heteroatoms. The summed E-state index contributed by atoms with van der Waals surface area (Å²) in [6.45, 7) is 8.43. The van der Waals surface area contributed by atoms with Crippen LogP contribution in [0.2, 0.25) is 0 Å². The van der Waals surface area contributed by atoms with E-state index in [9.17, 15) is 4.79 Å². The van der Waals surface area contributed by atoms with E-state index < -0.39 is 24.4 Å². The molecule has 1 N–H and O–H groups in total. The first-order valence-corrected chi connectivity index (χ1v) is 12.2. The van der Waals surface area contributed by atoms with Crippen molar-refractivity contribution < 1.29 is 18.8 Å². The van der Waals surface area contributed by atoms with Crippen molar-refractivity contribution in [1.82, 2.24) is 15.3 Å². The fourth-order valence-corrected chi connectivity index (χ4v) is 4.62. The van der Waals surface area contributed by atoms with E-state index in [1.807, 2.05) is 58.0 Å². The van der Waals surface area contributed by atoms with Crippen LogP contribution in [0.4, 0.5) is 4.79 Å². The van der Waals surface area contributed by atoms with Crippen molar-refractivity contribution in [3.63, 3.8) is 0 Å². The highest BCUT2D eigenvalue weighted by molar-refractivity contribution is 6.56. The number of amides is 1. The molecule has 7 nitrogen and oxygen atoms in total. The second kappa shape index (κ2) is 9.52. The van der Waals surface area contributed by atoms with E-state index in [0.29, 0.717) is 0 Å². The van der Waals surface area contributed by atoms with Crippen LogP contribution in [0.5, 0.6) is 0 Å². The molecule has 1 saturated heterocycles. The molecule has 0 atom stereocenters. The number of hydrogen-bond donors (Lipinski definition) is 1. The molecule has 1 fully saturated rings. The number of carbonyl (C=O) groups is 1. The molecule has 0 bridgehead atoms. The van der Waals surface area contributed by atoms with Crippen LogP contribution in [0.15, 0.2) is 72.7 Å². The number of hydrogen-bond acceptors (Lipinski definition) is 6. The van der Waals surface area contributed by atoms with E-state index in [1.165, 1.54) is 28.6 Å². The molecule has 1 aliphatic heterocycles. The largest absolute Gasteiger partial charge is 0.492 e. The lowest BCUT2D eigenvalue weighted by atomic mass is 9.77. The first kappa shape index (κ1) is 24.2. The number of rotatable bonds is 6. The lowest BCUT2D eigenvalue weighted by molar-refractivity contribution is 0.00578. The van der Waals surface area contributed by atoms with Gasteiger partial charge in [0.05, 0.1) is 11.2 Å². The maximum absolute atomic E-state index is 12.8. The van der Waals surface area contributed by atoms with Crippen molar-refractivity contribution in [2.75, 3.05) is 13.2 Å². The van der Waals surface area contributed by atoms with E-state index >= 15 is 0 Å². The molecule has 1 amide bonds. The molecular formula is C28H30BN3O4. The van der Waals surface area contributed by atoms with Gasteiger partial charge < -0.3 is 19.4 Å². The van der Waals surface area contributed by atoms with Crippen molar-refractivity contribution in [1.29, 1.82) is 0 Å². The lowest BCUT2D eigenvalue weighted by Gasteiger charge is -2.32. The topological polar surface area (TPSA) is 82.6 Å². The van der Waals surface area contributed by atoms with Gasteiger partial charge in [-0.1, -0.05) is 54.6 Å². The molecule has 36 heavy (non-hydrogen) atoms. The zero-order chi connectivity index (χ0) is 25.3. The van der Waals surface area contributed by atoms with Gasteiger partial charge in [-0.2, -0.15) is 0 Å². The van der Waals surface area contributed by atoms with E-state index in [2.05, 4.69) is 39.6 Å². The van der Waals surface area contributed by atoms with Crippen LogP contribution < -0.4 is 5.32 Å². The minimum Gasteiger partial charge on any atom is -0.449 e. The minimum atomic E-state index is -0.621. The first-order valence-electron chi connectivity index (χ1n) is 12.2. The average molecular weight is 483 g/mol. The molecule has 2 heterocycles. The molecular weight excluding hydrogens is 453 g/mol. The predicted molar refractivity (Wildman–Crippen MR) is 139 cm³/mol. The maximum atomic E-state index is 12.8. The summed E-state index contributed by atoms with van der Waals surface area (Å²) in [5, 5.41) is 2.88. The number of benzene rings is 2. The van der Waals surface area contributed by atoms with E-state index in [4.69, 9.17) is 14.0 Å². The number of alkyl carbamates (subject to hydrolysis) is 1. The van der Waals surface area contributed by atoms with Gasteiger partial charge in [-0.15, -0.1) is 0 Å². The number of carbonyl (C=O) groups excluding carboxylic acids is 1. The molecule has 0 radical (unpaired) electrons. The second-order valence-corrected chi connectivity index (χ2v) is 10.2. The Hall–Kier alpha value is -3.49. The van der Waals surface area contributed by atoms with Gasteiger partial charge in [0.15, 0.2) is 0 Å². The van der Waals surface area contributed by atoms with E-state index in [-0.39, 0.29) is 19.1 Å². The molecule has 0 saturated carbocycles. The molecule has 184 valence electrons. The smallest absolute Gasteiger partial charge is 0.449 e. The van der Waals surface area contributed by atoms with Gasteiger partial charge >= 0.3 is 13.2 Å². The monoisotopic (exact) mass is 483 g/mol. The highest BCUT2D eigenvalue weighted by Gasteiger charge is 2.52. The molecule has 2 aliphatic rings. The van der Waals surface area contributed by atoms with Crippen molar-refractivity contribution in [3.8, 4) is 11.1 Å². The van der Waals surface area contributed by atoms with Crippen LogP contribution in [-0.4, -0.2) is 47.5 Å². The summed E-state index contributed by atoms with van der Waals surface area (Å²) in [4.78, 5) is 20.9. The summed E-state index contributed by atoms with van der Waals surface area (Å²) < 4.78 is 18.2. The third-order valence-corrected chi connectivity index (χ3v) is 7.27. The van der Waals surface area contributed by atoms with Crippen LogP contribution in [-0.2, 0) is 14.0 Å². The van der Waals surface area contributed by atoms with Crippen molar-refractivity contribution in [2.45, 2.75) is 44.8 Å². The Balaban J connectivity index is 1.28. The number of fused-ring (bicyclic) bond motifs is 3. The van der Waals surface area contributed by atoms with E-state index in [1.54, 1.807) is 12.4 Å². The van der Waals surface area contributed by atoms with Crippen LogP contribution in [0.25, 0.3) is 17.2 Å². The van der Waals surface area contributed by atoms with Gasteiger partial charge in [-0.3, -0.25) is 0 Å². The molecule has 3 aromatic rings. The molecule has 1 aromatic heterocycles. The number of nitrogens with zero attached hydrogens (tertiary/aromatic N) is 2. The quantitative estimate of drug-likeness (QED) is 0.496. The summed E-state index contributed by atoms with van der Waals surface area (Å²) in [5.74, 6) is 0.00253. The zero-order valence-electron chi connectivity index (χ0n) is 21.0. The normalized spacial score (nSPS) is 18.0. The summed E-state index contributed by atoms with van der Waals surface area (Å²) >= 11 is 0. The Morgan fingerprint density at radius 1 is 0.972 bits per heavy atom. The van der Waals surface area contributed by atoms with Gasteiger partial charge in [0, 0.05) is 30.4 Å². The van der Waals surface area contributed by atoms with Crippen molar-refractivity contribution in [3.05, 3.63) is 89.4 Å². The first-order chi connectivity index (χ1) is 17.2. The Bertz CT molecular complexity index is 1230. The highest BCUT2D eigenvalue weighted by atomic mass is 16.7. The predicted octanol–water partition coefficient (Wildman–Crippen LogP) is 5.03. The van der Waals surface area contributed by atoms with Crippen LogP contribution in [0, 0.1) is 0 Å². The third kappa shape index (κ3) is 4.66. The van der Waals surface area contributed by atoms with Gasteiger partial charge in [0.25, 0.3) is 0 Å². The van der Waals surface area contributed by atoms with Gasteiger partial charge in [0.2, 0.25) is 0 Å². The summed E-state index contributed by atoms with van der Waals surface area (Å²) in [5.41, 5.74) is 5.26. The molecule has 5 rings (SSSR count). The second-order valence-electron chi connectivity index (χ2n) is 10.2. The number of aromatic nitrogens is 2. The van der Waals surface area contributed by atoms with Gasteiger partial charge in [-0.25, -0.2) is 14.8 Å². The average Bonchev–Trinajstić information content (AvgIpc) is 3.30. The zero-order valence-corrected chi connectivity index (χ0v) is 21.0. The van der Waals surface area contributed by atoms with Gasteiger partial charge in [-0.05, 0) is 55.4 Å². The highest BCUT2D eigenvalue weighted by Crippen LogP contribution is 2.44. The Morgan fingerprint density at radius 3 is 2.11 bits per heavy atom. The third-order valence-electron chi connectivity index (χ3n) is 7.27. The van der Waals surface area contributed by atoms with Crippen molar-refractivity contribution >= 4 is 19.3 Å². The minimum absolute atomic E-state index is 0.00253. The molecule has 0 unspecified atom stereocenters.